The predicted molar refractivity (Wildman–Crippen MR) is 233 cm³/mol. The monoisotopic (exact) mass is 867 g/mol. The van der Waals surface area contributed by atoms with Crippen LogP contribution in [0.5, 0.6) is 23.3 Å². The molecule has 0 bridgehead atoms. The summed E-state index contributed by atoms with van der Waals surface area (Å²) < 4.78 is 16.3. The Labute approximate surface area is 365 Å². The molecule has 0 aliphatic carbocycles. The molecule has 0 saturated carbocycles. The van der Waals surface area contributed by atoms with Crippen molar-refractivity contribution in [3.05, 3.63) is 105 Å². The molecule has 328 valence electrons. The molecular formula is C47H45N7O10. The number of cyclic esters (lactones) is 1. The molecule has 6 heterocycles. The van der Waals surface area contributed by atoms with Crippen LogP contribution in [0.3, 0.4) is 0 Å². The van der Waals surface area contributed by atoms with Crippen LogP contribution in [0, 0.1) is 0 Å². The lowest BCUT2D eigenvalue weighted by Crippen LogP contribution is -2.47. The molecule has 1 amide bonds. The number of aryl methyl sites for hydroxylation is 1. The lowest BCUT2D eigenvalue weighted by atomic mass is 9.85. The number of phenolic OH excluding ortho intramolecular Hbond substituents is 3. The summed E-state index contributed by atoms with van der Waals surface area (Å²) in [4.78, 5) is 58.9. The van der Waals surface area contributed by atoms with Gasteiger partial charge in [-0.1, -0.05) is 32.8 Å². The topological polar surface area (TPSA) is 233 Å². The first kappa shape index (κ1) is 41.7. The number of pyridine rings is 2. The van der Waals surface area contributed by atoms with Gasteiger partial charge in [-0.05, 0) is 84.5 Å². The molecule has 7 aromatic rings. The summed E-state index contributed by atoms with van der Waals surface area (Å²) in [7, 11) is 0. The van der Waals surface area contributed by atoms with Gasteiger partial charge < -0.3 is 44.4 Å². The second-order valence-corrected chi connectivity index (χ2v) is 16.4. The number of amides is 1. The summed E-state index contributed by atoms with van der Waals surface area (Å²) >= 11 is 0. The minimum Gasteiger partial charge on any atom is -0.508 e. The van der Waals surface area contributed by atoms with E-state index in [9.17, 15) is 39.6 Å². The van der Waals surface area contributed by atoms with Crippen LogP contribution in [0.4, 0.5) is 0 Å². The van der Waals surface area contributed by atoms with Gasteiger partial charge in [-0.25, -0.2) is 14.3 Å². The SMILES string of the molecule is CCc1c2c(nc3ccc(O)cc13)-c1cc3c(c(=O)n1C2)COC(=O)C3(CC)OC(=O)CCC(=O)NCCn1ccc2cc(-n3c(O)nnc3-c3cc(C(C)C)c(O)cc3O)ccc21. The Morgan fingerprint density at radius 2 is 1.75 bits per heavy atom. The third-order valence-corrected chi connectivity index (χ3v) is 12.3. The first-order valence-corrected chi connectivity index (χ1v) is 21.1. The van der Waals surface area contributed by atoms with E-state index >= 15 is 0 Å². The number of phenols is 3. The molecule has 2 aliphatic heterocycles. The average molecular weight is 868 g/mol. The maximum absolute atomic E-state index is 14.1. The first-order chi connectivity index (χ1) is 30.7. The van der Waals surface area contributed by atoms with E-state index in [2.05, 4.69) is 15.5 Å². The molecule has 1 unspecified atom stereocenters. The van der Waals surface area contributed by atoms with Gasteiger partial charge >= 0.3 is 17.9 Å². The Morgan fingerprint density at radius 3 is 2.52 bits per heavy atom. The highest BCUT2D eigenvalue weighted by atomic mass is 16.6. The Balaban J connectivity index is 0.869. The van der Waals surface area contributed by atoms with E-state index in [1.807, 2.05) is 49.7 Å². The summed E-state index contributed by atoms with van der Waals surface area (Å²) in [5.41, 5.74) is 3.88. The van der Waals surface area contributed by atoms with E-state index in [4.69, 9.17) is 14.5 Å². The number of ether oxygens (including phenoxy) is 2. The smallest absolute Gasteiger partial charge is 0.355 e. The molecule has 0 saturated heterocycles. The molecule has 0 fully saturated rings. The fourth-order valence-corrected chi connectivity index (χ4v) is 9.02. The molecule has 1 atom stereocenters. The Hall–Kier alpha value is -7.69. The number of benzene rings is 3. The summed E-state index contributed by atoms with van der Waals surface area (Å²) in [5, 5.41) is 54.4. The zero-order valence-electron chi connectivity index (χ0n) is 35.5. The quantitative estimate of drug-likeness (QED) is 0.0897. The van der Waals surface area contributed by atoms with Crippen LogP contribution >= 0.6 is 0 Å². The molecule has 3 aromatic carbocycles. The zero-order valence-corrected chi connectivity index (χ0v) is 35.5. The number of hydrogen-bond acceptors (Lipinski definition) is 13. The van der Waals surface area contributed by atoms with Crippen LogP contribution < -0.4 is 10.9 Å². The fourth-order valence-electron chi connectivity index (χ4n) is 9.02. The fraction of sp³-hybridized carbons (Fsp3) is 0.298. The summed E-state index contributed by atoms with van der Waals surface area (Å²) in [5.74, 6) is -2.06. The third-order valence-electron chi connectivity index (χ3n) is 12.3. The van der Waals surface area contributed by atoms with E-state index in [0.717, 1.165) is 27.4 Å². The van der Waals surface area contributed by atoms with Gasteiger partial charge in [-0.2, -0.15) is 0 Å². The molecule has 0 radical (unpaired) electrons. The standard InChI is InChI=1S/C47H45N7O10/c1-5-28-30-18-27(55)8-9-35(30)49-42-32(28)22-53-37(42)20-34-33(44(53)60)23-63-45(61)47(34,6-2)64-41(59)12-11-40(58)48-14-16-52-15-13-25-17-26(7-10-36(25)52)54-43(50-51-46(54)62)31-19-29(24(3)4)38(56)21-39(31)57/h7-10,13,15,17-21,24,55-57H,5-6,11-12,14,16,22-23H2,1-4H3,(H,48,58)(H,51,62). The molecule has 2 aliphatic rings. The zero-order chi connectivity index (χ0) is 45.2. The van der Waals surface area contributed by atoms with E-state index in [1.165, 1.54) is 10.6 Å². The maximum atomic E-state index is 14.1. The number of carbonyl (C=O) groups is 3. The van der Waals surface area contributed by atoms with Crippen molar-refractivity contribution < 1.29 is 44.3 Å². The van der Waals surface area contributed by atoms with Crippen molar-refractivity contribution in [1.82, 2.24) is 34.2 Å². The van der Waals surface area contributed by atoms with Gasteiger partial charge in [0.15, 0.2) is 5.82 Å². The van der Waals surface area contributed by atoms with Gasteiger partial charge in [0.25, 0.3) is 5.56 Å². The van der Waals surface area contributed by atoms with Crippen molar-refractivity contribution >= 4 is 39.7 Å². The highest BCUT2D eigenvalue weighted by Crippen LogP contribution is 2.43. The van der Waals surface area contributed by atoms with Gasteiger partial charge in [0.2, 0.25) is 11.5 Å². The average Bonchev–Trinajstić information content (AvgIpc) is 3.97. The summed E-state index contributed by atoms with van der Waals surface area (Å²) in [6, 6.07) is 16.4. The van der Waals surface area contributed by atoms with Crippen LogP contribution in [0.15, 0.2) is 71.7 Å². The maximum Gasteiger partial charge on any atom is 0.355 e. The number of hydrogen-bond donors (Lipinski definition) is 5. The number of aromatic hydroxyl groups is 4. The molecule has 64 heavy (non-hydrogen) atoms. The molecular weight excluding hydrogens is 823 g/mol. The van der Waals surface area contributed by atoms with Crippen molar-refractivity contribution in [3.63, 3.8) is 0 Å². The number of nitrogens with one attached hydrogen (secondary N) is 1. The van der Waals surface area contributed by atoms with Gasteiger partial charge in [-0.3, -0.25) is 14.4 Å². The lowest BCUT2D eigenvalue weighted by molar-refractivity contribution is -0.189. The van der Waals surface area contributed by atoms with Gasteiger partial charge in [0.1, 0.15) is 23.9 Å². The summed E-state index contributed by atoms with van der Waals surface area (Å²) in [6.07, 6.45) is 1.90. The van der Waals surface area contributed by atoms with Gasteiger partial charge in [0, 0.05) is 59.2 Å². The number of aromatic nitrogens is 6. The van der Waals surface area contributed by atoms with Gasteiger partial charge in [0.05, 0.1) is 46.7 Å². The van der Waals surface area contributed by atoms with Crippen LogP contribution in [-0.4, -0.2) is 73.7 Å². The van der Waals surface area contributed by atoms with Crippen LogP contribution in [0.2, 0.25) is 0 Å². The van der Waals surface area contributed by atoms with Crippen molar-refractivity contribution in [2.75, 3.05) is 6.54 Å². The van der Waals surface area contributed by atoms with Crippen molar-refractivity contribution in [1.29, 1.82) is 0 Å². The molecule has 17 heteroatoms. The van der Waals surface area contributed by atoms with Crippen LogP contribution in [0.25, 0.3) is 50.3 Å². The van der Waals surface area contributed by atoms with Crippen LogP contribution in [0.1, 0.15) is 80.7 Å². The van der Waals surface area contributed by atoms with Crippen LogP contribution in [-0.2, 0) is 55.6 Å². The van der Waals surface area contributed by atoms with E-state index < -0.39 is 29.5 Å². The number of fused-ring (bicyclic) bond motifs is 6. The molecule has 9 rings (SSSR count). The lowest BCUT2D eigenvalue weighted by Gasteiger charge is -2.35. The Morgan fingerprint density at radius 1 is 0.938 bits per heavy atom. The summed E-state index contributed by atoms with van der Waals surface area (Å²) in [6.45, 7) is 8.04. The van der Waals surface area contributed by atoms with Crippen molar-refractivity contribution in [2.24, 2.45) is 0 Å². The number of carbonyl (C=O) groups excluding carboxylic acids is 3. The first-order valence-electron chi connectivity index (χ1n) is 21.1. The highest BCUT2D eigenvalue weighted by Gasteiger charge is 2.50. The molecule has 5 N–H and O–H groups in total. The third kappa shape index (κ3) is 6.83. The number of rotatable bonds is 12. The second-order valence-electron chi connectivity index (χ2n) is 16.4. The normalized spacial score (nSPS) is 15.3. The van der Waals surface area contributed by atoms with Crippen molar-refractivity contribution in [3.8, 4) is 51.7 Å². The predicted octanol–water partition coefficient (Wildman–Crippen LogP) is 5.94. The minimum absolute atomic E-state index is 0.0217. The highest BCUT2D eigenvalue weighted by molar-refractivity contribution is 5.91. The molecule has 17 nitrogen and oxygen atoms in total. The molecule has 4 aromatic heterocycles. The van der Waals surface area contributed by atoms with Gasteiger partial charge in [-0.15, -0.1) is 5.10 Å². The van der Waals surface area contributed by atoms with Crippen molar-refractivity contribution in [2.45, 2.75) is 84.6 Å². The number of esters is 2. The number of nitrogens with zero attached hydrogens (tertiary/aromatic N) is 6. The largest absolute Gasteiger partial charge is 0.508 e. The molecule has 0 spiro atoms. The second kappa shape index (κ2) is 15.9. The Bertz CT molecular complexity index is 3150. The van der Waals surface area contributed by atoms with E-state index in [0.29, 0.717) is 41.1 Å². The Kier molecular flexibility index (Phi) is 10.3. The van der Waals surface area contributed by atoms with E-state index in [-0.39, 0.29) is 90.2 Å². The van der Waals surface area contributed by atoms with E-state index in [1.54, 1.807) is 47.9 Å². The minimum atomic E-state index is -1.91.